The second kappa shape index (κ2) is 48.0. The first-order valence-electron chi connectivity index (χ1n) is 23.5. The lowest BCUT2D eigenvalue weighted by Gasteiger charge is -2.18. The van der Waals surface area contributed by atoms with Gasteiger partial charge in [-0.05, 0) is 77.0 Å². The van der Waals surface area contributed by atoms with Crippen LogP contribution in [0, 0.1) is 0 Å². The van der Waals surface area contributed by atoms with Crippen molar-refractivity contribution in [3.63, 3.8) is 0 Å². The monoisotopic (exact) mass is 839 g/mol. The maximum Gasteiger partial charge on any atom is 0.306 e. The van der Waals surface area contributed by atoms with Crippen molar-refractivity contribution in [3.8, 4) is 0 Å². The maximum absolute atomic E-state index is 12.7. The number of carbonyl (C=O) groups is 3. The van der Waals surface area contributed by atoms with E-state index in [-0.39, 0.29) is 37.5 Å². The van der Waals surface area contributed by atoms with Crippen molar-refractivity contribution in [2.24, 2.45) is 0 Å². The number of rotatable bonds is 39. The third kappa shape index (κ3) is 46.2. The van der Waals surface area contributed by atoms with Crippen LogP contribution in [0.4, 0.5) is 0 Å². The lowest BCUT2D eigenvalue weighted by molar-refractivity contribution is -0.167. The Bertz CT molecular complexity index is 1430. The van der Waals surface area contributed by atoms with Crippen LogP contribution < -0.4 is 0 Å². The largest absolute Gasteiger partial charge is 0.462 e. The van der Waals surface area contributed by atoms with Gasteiger partial charge in [-0.1, -0.05) is 212 Å². The van der Waals surface area contributed by atoms with Gasteiger partial charge in [0, 0.05) is 19.3 Å². The number of ether oxygens (including phenoxy) is 3. The van der Waals surface area contributed by atoms with E-state index in [4.69, 9.17) is 14.2 Å². The Morgan fingerprint density at radius 3 is 0.934 bits per heavy atom. The highest BCUT2D eigenvalue weighted by Crippen LogP contribution is 2.12. The Hall–Kier alpha value is -4.71. The number of esters is 3. The third-order valence-electron chi connectivity index (χ3n) is 9.10. The molecule has 338 valence electrons. The second-order valence-electron chi connectivity index (χ2n) is 14.8. The van der Waals surface area contributed by atoms with E-state index in [0.717, 1.165) is 116 Å². The first-order valence-corrected chi connectivity index (χ1v) is 23.5. The van der Waals surface area contributed by atoms with E-state index in [1.807, 2.05) is 72.9 Å². The minimum absolute atomic E-state index is 0.119. The van der Waals surface area contributed by atoms with E-state index in [1.54, 1.807) is 0 Å². The smallest absolute Gasteiger partial charge is 0.306 e. The summed E-state index contributed by atoms with van der Waals surface area (Å²) in [6.45, 7) is 6.11. The Morgan fingerprint density at radius 2 is 0.590 bits per heavy atom. The number of hydrogen-bond acceptors (Lipinski definition) is 6. The minimum atomic E-state index is -0.821. The Balaban J connectivity index is 4.58. The molecule has 0 spiro atoms. The summed E-state index contributed by atoms with van der Waals surface area (Å²) < 4.78 is 16.7. The zero-order chi connectivity index (χ0) is 44.4. The van der Waals surface area contributed by atoms with Gasteiger partial charge in [-0.25, -0.2) is 0 Å². The van der Waals surface area contributed by atoms with Gasteiger partial charge in [0.2, 0.25) is 0 Å². The van der Waals surface area contributed by atoms with Crippen LogP contribution in [-0.2, 0) is 28.6 Å². The second-order valence-corrected chi connectivity index (χ2v) is 14.8. The zero-order valence-electron chi connectivity index (χ0n) is 38.4. The summed E-state index contributed by atoms with van der Waals surface area (Å²) in [6, 6.07) is 0. The first kappa shape index (κ1) is 56.3. The van der Waals surface area contributed by atoms with Crippen molar-refractivity contribution in [1.29, 1.82) is 0 Å². The van der Waals surface area contributed by atoms with E-state index in [1.165, 1.54) is 0 Å². The topological polar surface area (TPSA) is 78.9 Å². The van der Waals surface area contributed by atoms with Gasteiger partial charge in [-0.2, -0.15) is 0 Å². The predicted molar refractivity (Wildman–Crippen MR) is 260 cm³/mol. The van der Waals surface area contributed by atoms with Crippen LogP contribution in [0.15, 0.2) is 146 Å². The van der Waals surface area contributed by atoms with Crippen molar-refractivity contribution in [2.45, 2.75) is 168 Å². The molecule has 6 heteroatoms. The van der Waals surface area contributed by atoms with Gasteiger partial charge in [-0.3, -0.25) is 14.4 Å². The van der Waals surface area contributed by atoms with E-state index >= 15 is 0 Å². The summed E-state index contributed by atoms with van der Waals surface area (Å²) in [7, 11) is 0. The molecule has 1 unspecified atom stereocenters. The van der Waals surface area contributed by atoms with Crippen LogP contribution in [-0.4, -0.2) is 37.2 Å². The molecule has 0 bridgehead atoms. The molecule has 0 saturated heterocycles. The molecule has 0 aromatic heterocycles. The lowest BCUT2D eigenvalue weighted by atomic mass is 10.1. The fourth-order valence-corrected chi connectivity index (χ4v) is 5.65. The van der Waals surface area contributed by atoms with E-state index in [2.05, 4.69) is 93.7 Å². The summed E-state index contributed by atoms with van der Waals surface area (Å²) >= 11 is 0. The number of hydrogen-bond donors (Lipinski definition) is 0. The van der Waals surface area contributed by atoms with Crippen molar-refractivity contribution in [1.82, 2.24) is 0 Å². The van der Waals surface area contributed by atoms with Gasteiger partial charge < -0.3 is 14.2 Å². The quantitative estimate of drug-likeness (QED) is 0.0265. The van der Waals surface area contributed by atoms with E-state index in [0.29, 0.717) is 19.3 Å². The van der Waals surface area contributed by atoms with Gasteiger partial charge >= 0.3 is 17.9 Å². The van der Waals surface area contributed by atoms with Crippen molar-refractivity contribution in [2.75, 3.05) is 13.2 Å². The molecule has 0 N–H and O–H groups in total. The van der Waals surface area contributed by atoms with Gasteiger partial charge in [0.15, 0.2) is 6.10 Å². The molecule has 1 atom stereocenters. The summed E-state index contributed by atoms with van der Waals surface area (Å²) in [5.41, 5.74) is 0. The highest BCUT2D eigenvalue weighted by Gasteiger charge is 2.19. The fraction of sp³-hybridized carbons (Fsp3) is 0.509. The van der Waals surface area contributed by atoms with Crippen LogP contribution in [0.25, 0.3) is 0 Å². The predicted octanol–water partition coefficient (Wildman–Crippen LogP) is 15.3. The molecule has 0 aromatic carbocycles. The molecule has 0 fully saturated rings. The molecule has 0 saturated carbocycles. The number of carbonyl (C=O) groups excluding carboxylic acids is 3. The molecular weight excluding hydrogens is 757 g/mol. The van der Waals surface area contributed by atoms with Crippen LogP contribution in [0.2, 0.25) is 0 Å². The summed E-state index contributed by atoms with van der Waals surface area (Å²) in [6.07, 6.45) is 68.2. The van der Waals surface area contributed by atoms with Gasteiger partial charge in [0.25, 0.3) is 0 Å². The van der Waals surface area contributed by atoms with Crippen LogP contribution in [0.1, 0.15) is 162 Å². The lowest BCUT2D eigenvalue weighted by Crippen LogP contribution is -2.30. The summed E-state index contributed by atoms with van der Waals surface area (Å²) in [5.74, 6) is -1.02. The molecule has 61 heavy (non-hydrogen) atoms. The Morgan fingerprint density at radius 1 is 0.328 bits per heavy atom. The fourth-order valence-electron chi connectivity index (χ4n) is 5.65. The normalized spacial score (nSPS) is 13.4. The Kier molecular flexibility index (Phi) is 44.3. The van der Waals surface area contributed by atoms with Crippen LogP contribution >= 0.6 is 0 Å². The van der Waals surface area contributed by atoms with E-state index < -0.39 is 6.10 Å². The van der Waals surface area contributed by atoms with Crippen molar-refractivity contribution < 1.29 is 28.6 Å². The standard InChI is InChI=1S/C55H82O6/c1-4-7-10-13-16-19-22-25-26-27-28-31-33-36-39-42-45-48-54(57)60-51-52(61-55(58)49-46-43-40-37-34-30-24-21-18-15-12-9-6-3)50-59-53(56)47-44-41-38-35-32-29-23-20-17-14-11-8-5-2/h7-28,31,33,52H,4-6,29-30,32,34-51H2,1-3H3/b10-7-,11-8-,12-9-,16-13-,17-14-,18-15-,22-19-,23-20-,24-21-,26-25-,28-27+,33-31-. The molecular formula is C55H82O6. The molecule has 0 aliphatic carbocycles. The summed E-state index contributed by atoms with van der Waals surface area (Å²) in [5, 5.41) is 0. The molecule has 0 amide bonds. The molecule has 0 rings (SSSR count). The van der Waals surface area contributed by atoms with Crippen LogP contribution in [0.3, 0.4) is 0 Å². The molecule has 0 aliphatic rings. The number of allylic oxidation sites excluding steroid dienone is 24. The van der Waals surface area contributed by atoms with Crippen LogP contribution in [0.5, 0.6) is 0 Å². The van der Waals surface area contributed by atoms with Crippen molar-refractivity contribution in [3.05, 3.63) is 146 Å². The van der Waals surface area contributed by atoms with Crippen molar-refractivity contribution >= 4 is 17.9 Å². The Labute approximate surface area is 372 Å². The highest BCUT2D eigenvalue weighted by atomic mass is 16.6. The first-order chi connectivity index (χ1) is 30.0. The average Bonchev–Trinajstić information content (AvgIpc) is 3.26. The average molecular weight is 839 g/mol. The highest BCUT2D eigenvalue weighted by molar-refractivity contribution is 5.71. The molecule has 0 aromatic rings. The molecule has 0 radical (unpaired) electrons. The number of unbranched alkanes of at least 4 members (excludes halogenated alkanes) is 13. The SMILES string of the molecule is CC\C=C/C=C\C=C/C=C\C=C\C=C/CCCCCC(=O)OCC(COC(=O)CCCCCCC\C=C/C=C\C=C/CC)OC(=O)CCCCCCC\C=C/C=C\C=C/CC. The van der Waals surface area contributed by atoms with E-state index in [9.17, 15) is 14.4 Å². The zero-order valence-corrected chi connectivity index (χ0v) is 38.4. The third-order valence-corrected chi connectivity index (χ3v) is 9.10. The summed E-state index contributed by atoms with van der Waals surface area (Å²) in [4.78, 5) is 37.9. The molecule has 6 nitrogen and oxygen atoms in total. The molecule has 0 heterocycles. The van der Waals surface area contributed by atoms with Gasteiger partial charge in [-0.15, -0.1) is 0 Å². The van der Waals surface area contributed by atoms with Gasteiger partial charge in [0.05, 0.1) is 0 Å². The maximum atomic E-state index is 12.7. The minimum Gasteiger partial charge on any atom is -0.462 e. The van der Waals surface area contributed by atoms with Gasteiger partial charge in [0.1, 0.15) is 13.2 Å². The molecule has 0 aliphatic heterocycles.